The highest BCUT2D eigenvalue weighted by atomic mass is 79.9. The molecule has 0 atom stereocenters. The van der Waals surface area contributed by atoms with E-state index in [1.807, 2.05) is 49.4 Å². The van der Waals surface area contributed by atoms with Gasteiger partial charge < -0.3 is 0 Å². The molecular formula is C15H13BrO. The molecule has 0 radical (unpaired) electrons. The third kappa shape index (κ3) is 2.64. The average molecular weight is 289 g/mol. The van der Waals surface area contributed by atoms with E-state index in [1.165, 1.54) is 0 Å². The van der Waals surface area contributed by atoms with Crippen molar-refractivity contribution in [3.8, 4) is 11.1 Å². The van der Waals surface area contributed by atoms with Crippen LogP contribution in [0.25, 0.3) is 11.1 Å². The van der Waals surface area contributed by atoms with E-state index in [9.17, 15) is 4.79 Å². The van der Waals surface area contributed by atoms with E-state index in [4.69, 9.17) is 0 Å². The lowest BCUT2D eigenvalue weighted by Gasteiger charge is -2.08. The molecule has 2 heteroatoms. The highest BCUT2D eigenvalue weighted by molar-refractivity contribution is 9.10. The minimum absolute atomic E-state index is 0.103. The lowest BCUT2D eigenvalue weighted by atomic mass is 9.96. The molecule has 0 heterocycles. The largest absolute Gasteiger partial charge is 0.294 e. The number of carbonyl (C=O) groups excluding carboxylic acids is 1. The van der Waals surface area contributed by atoms with Crippen LogP contribution in [-0.4, -0.2) is 5.78 Å². The quantitative estimate of drug-likeness (QED) is 0.737. The fourth-order valence-electron chi connectivity index (χ4n) is 1.83. The zero-order valence-electron chi connectivity index (χ0n) is 9.83. The molecule has 0 aromatic heterocycles. The zero-order chi connectivity index (χ0) is 12.4. The maximum Gasteiger partial charge on any atom is 0.160 e. The average Bonchev–Trinajstić information content (AvgIpc) is 2.30. The monoisotopic (exact) mass is 288 g/mol. The lowest BCUT2D eigenvalue weighted by Crippen LogP contribution is -1.96. The molecule has 0 amide bonds. The summed E-state index contributed by atoms with van der Waals surface area (Å²) in [5.74, 6) is 0.103. The number of benzene rings is 2. The molecular weight excluding hydrogens is 276 g/mol. The molecule has 0 saturated carbocycles. The summed E-state index contributed by atoms with van der Waals surface area (Å²) in [6, 6.07) is 14.0. The van der Waals surface area contributed by atoms with Crippen LogP contribution in [-0.2, 0) is 0 Å². The van der Waals surface area contributed by atoms with Gasteiger partial charge in [-0.3, -0.25) is 4.79 Å². The molecule has 0 unspecified atom stereocenters. The van der Waals surface area contributed by atoms with Crippen molar-refractivity contribution >= 4 is 21.7 Å². The predicted molar refractivity (Wildman–Crippen MR) is 74.3 cm³/mol. The predicted octanol–water partition coefficient (Wildman–Crippen LogP) is 4.63. The Labute approximate surface area is 110 Å². The third-order valence-electron chi connectivity index (χ3n) is 2.71. The molecule has 0 spiro atoms. The topological polar surface area (TPSA) is 17.1 Å². The van der Waals surface area contributed by atoms with Gasteiger partial charge in [0.1, 0.15) is 0 Å². The van der Waals surface area contributed by atoms with E-state index >= 15 is 0 Å². The maximum absolute atomic E-state index is 11.6. The van der Waals surface area contributed by atoms with E-state index in [0.717, 1.165) is 26.7 Å². The molecule has 0 fully saturated rings. The van der Waals surface area contributed by atoms with Crippen molar-refractivity contribution in [2.45, 2.75) is 13.8 Å². The van der Waals surface area contributed by atoms with Gasteiger partial charge in [0.2, 0.25) is 0 Å². The van der Waals surface area contributed by atoms with E-state index in [1.54, 1.807) is 6.92 Å². The fraction of sp³-hybridized carbons (Fsp3) is 0.133. The van der Waals surface area contributed by atoms with Crippen molar-refractivity contribution in [3.05, 3.63) is 58.1 Å². The Bertz CT molecular complexity index is 556. The Hall–Kier alpha value is -1.41. The Morgan fingerprint density at radius 3 is 2.29 bits per heavy atom. The van der Waals surface area contributed by atoms with Crippen LogP contribution < -0.4 is 0 Å². The molecule has 0 N–H and O–H groups in total. The van der Waals surface area contributed by atoms with Crippen molar-refractivity contribution in [1.82, 2.24) is 0 Å². The van der Waals surface area contributed by atoms with Gasteiger partial charge in [-0.15, -0.1) is 0 Å². The fourth-order valence-corrected chi connectivity index (χ4v) is 2.09. The van der Waals surface area contributed by atoms with E-state index in [-0.39, 0.29) is 5.78 Å². The Morgan fingerprint density at radius 2 is 1.71 bits per heavy atom. The summed E-state index contributed by atoms with van der Waals surface area (Å²) in [5.41, 5.74) is 3.96. The lowest BCUT2D eigenvalue weighted by molar-refractivity contribution is 0.101. The van der Waals surface area contributed by atoms with E-state index in [2.05, 4.69) is 15.9 Å². The number of rotatable bonds is 2. The van der Waals surface area contributed by atoms with Crippen molar-refractivity contribution in [1.29, 1.82) is 0 Å². The number of hydrogen-bond donors (Lipinski definition) is 0. The maximum atomic E-state index is 11.6. The van der Waals surface area contributed by atoms with Crippen LogP contribution in [0.15, 0.2) is 46.9 Å². The van der Waals surface area contributed by atoms with Crippen molar-refractivity contribution < 1.29 is 4.79 Å². The standard InChI is InChI=1S/C15H13BrO/c1-10-3-8-14(15(9-10)11(2)17)12-4-6-13(16)7-5-12/h3-9H,1-2H3. The number of aryl methyl sites for hydroxylation is 1. The summed E-state index contributed by atoms with van der Waals surface area (Å²) < 4.78 is 1.04. The minimum atomic E-state index is 0.103. The van der Waals surface area contributed by atoms with Gasteiger partial charge in [0.05, 0.1) is 0 Å². The van der Waals surface area contributed by atoms with Crippen LogP contribution >= 0.6 is 15.9 Å². The molecule has 0 aliphatic heterocycles. The number of Topliss-reactive ketones (excluding diaryl/α,β-unsaturated/α-hetero) is 1. The molecule has 0 saturated heterocycles. The number of hydrogen-bond acceptors (Lipinski definition) is 1. The number of ketones is 1. The van der Waals surface area contributed by atoms with E-state index < -0.39 is 0 Å². The van der Waals surface area contributed by atoms with E-state index in [0.29, 0.717) is 0 Å². The Balaban J connectivity index is 2.58. The van der Waals surface area contributed by atoms with Gasteiger partial charge in [-0.25, -0.2) is 0 Å². The van der Waals surface area contributed by atoms with Crippen molar-refractivity contribution in [2.24, 2.45) is 0 Å². The molecule has 17 heavy (non-hydrogen) atoms. The molecule has 0 aliphatic rings. The third-order valence-corrected chi connectivity index (χ3v) is 3.24. The number of carbonyl (C=O) groups is 1. The first-order valence-electron chi connectivity index (χ1n) is 5.45. The summed E-state index contributed by atoms with van der Waals surface area (Å²) in [6.07, 6.45) is 0. The molecule has 1 nitrogen and oxygen atoms in total. The zero-order valence-corrected chi connectivity index (χ0v) is 11.4. The van der Waals surface area contributed by atoms with Gasteiger partial charge in [-0.1, -0.05) is 45.8 Å². The smallest absolute Gasteiger partial charge is 0.160 e. The second-order valence-corrected chi connectivity index (χ2v) is 5.03. The summed E-state index contributed by atoms with van der Waals surface area (Å²) in [4.78, 5) is 11.6. The molecule has 2 aromatic carbocycles. The summed E-state index contributed by atoms with van der Waals surface area (Å²) >= 11 is 3.41. The number of halogens is 1. The Kier molecular flexibility index (Phi) is 3.43. The van der Waals surface area contributed by atoms with Crippen molar-refractivity contribution in [3.63, 3.8) is 0 Å². The second kappa shape index (κ2) is 4.84. The first kappa shape index (κ1) is 12.1. The van der Waals surface area contributed by atoms with Crippen LogP contribution in [0.5, 0.6) is 0 Å². The van der Waals surface area contributed by atoms with Gasteiger partial charge in [-0.2, -0.15) is 0 Å². The first-order chi connectivity index (χ1) is 8.08. The first-order valence-corrected chi connectivity index (χ1v) is 6.25. The van der Waals surface area contributed by atoms with Gasteiger partial charge in [-0.05, 0) is 43.2 Å². The van der Waals surface area contributed by atoms with Crippen LogP contribution in [0.4, 0.5) is 0 Å². The normalized spacial score (nSPS) is 10.3. The highest BCUT2D eigenvalue weighted by Gasteiger charge is 2.09. The molecule has 0 bridgehead atoms. The van der Waals surface area contributed by atoms with Gasteiger partial charge >= 0.3 is 0 Å². The van der Waals surface area contributed by atoms with Gasteiger partial charge in [0.15, 0.2) is 5.78 Å². The molecule has 0 aliphatic carbocycles. The summed E-state index contributed by atoms with van der Waals surface area (Å²) in [5, 5.41) is 0. The highest BCUT2D eigenvalue weighted by Crippen LogP contribution is 2.26. The van der Waals surface area contributed by atoms with Gasteiger partial charge in [0, 0.05) is 10.0 Å². The SMILES string of the molecule is CC(=O)c1cc(C)ccc1-c1ccc(Br)cc1. The van der Waals surface area contributed by atoms with Crippen LogP contribution in [0, 0.1) is 6.92 Å². The second-order valence-electron chi connectivity index (χ2n) is 4.11. The van der Waals surface area contributed by atoms with Gasteiger partial charge in [0.25, 0.3) is 0 Å². The van der Waals surface area contributed by atoms with Crippen LogP contribution in [0.3, 0.4) is 0 Å². The van der Waals surface area contributed by atoms with Crippen LogP contribution in [0.2, 0.25) is 0 Å². The summed E-state index contributed by atoms with van der Waals surface area (Å²) in [6.45, 7) is 3.61. The molecule has 2 aromatic rings. The summed E-state index contributed by atoms with van der Waals surface area (Å²) in [7, 11) is 0. The molecule has 86 valence electrons. The Morgan fingerprint density at radius 1 is 1.06 bits per heavy atom. The van der Waals surface area contributed by atoms with Crippen molar-refractivity contribution in [2.75, 3.05) is 0 Å². The molecule has 2 rings (SSSR count). The van der Waals surface area contributed by atoms with Crippen LogP contribution in [0.1, 0.15) is 22.8 Å². The minimum Gasteiger partial charge on any atom is -0.294 e.